The van der Waals surface area contributed by atoms with Crippen LogP contribution in [0, 0.1) is 0 Å². The van der Waals surface area contributed by atoms with Crippen molar-refractivity contribution in [2.75, 3.05) is 23.9 Å². The fourth-order valence-corrected chi connectivity index (χ4v) is 3.37. The third-order valence-electron chi connectivity index (χ3n) is 4.19. The van der Waals surface area contributed by atoms with Crippen LogP contribution < -0.4 is 16.0 Å². The highest BCUT2D eigenvalue weighted by atomic mass is 32.2. The molecule has 0 aliphatic carbocycles. The van der Waals surface area contributed by atoms with Crippen molar-refractivity contribution in [2.24, 2.45) is 0 Å². The summed E-state index contributed by atoms with van der Waals surface area (Å²) < 4.78 is 24.2. The van der Waals surface area contributed by atoms with Crippen LogP contribution >= 0.6 is 0 Å². The van der Waals surface area contributed by atoms with E-state index in [1.807, 2.05) is 19.9 Å². The third-order valence-corrected chi connectivity index (χ3v) is 5.32. The molecule has 3 rings (SSSR count). The molecule has 0 aliphatic heterocycles. The molecule has 3 aromatic rings. The number of nitrogens with one attached hydrogen (secondary N) is 3. The van der Waals surface area contributed by atoms with Gasteiger partial charge in [0.05, 0.1) is 11.4 Å². The van der Waals surface area contributed by atoms with E-state index in [1.54, 1.807) is 6.07 Å². The van der Waals surface area contributed by atoms with Crippen molar-refractivity contribution < 1.29 is 13.2 Å². The Bertz CT molecular complexity index is 1200. The molecule has 0 unspecified atom stereocenters. The molecule has 0 aliphatic rings. The Labute approximate surface area is 179 Å². The van der Waals surface area contributed by atoms with Crippen LogP contribution in [-0.2, 0) is 9.84 Å². The van der Waals surface area contributed by atoms with Crippen LogP contribution in [0.3, 0.4) is 0 Å². The number of anilines is 4. The molecule has 162 valence electrons. The number of amides is 1. The summed E-state index contributed by atoms with van der Waals surface area (Å²) in [6.07, 6.45) is 2.52. The van der Waals surface area contributed by atoms with Crippen LogP contribution in [0.4, 0.5) is 23.1 Å². The Morgan fingerprint density at radius 2 is 1.74 bits per heavy atom. The Morgan fingerprint density at radius 3 is 2.35 bits per heavy atom. The topological polar surface area (TPSA) is 152 Å². The van der Waals surface area contributed by atoms with E-state index in [9.17, 15) is 13.2 Å². The summed E-state index contributed by atoms with van der Waals surface area (Å²) in [5, 5.41) is 24.6. The lowest BCUT2D eigenvalue weighted by molar-refractivity contribution is 0.0958. The van der Waals surface area contributed by atoms with E-state index in [2.05, 4.69) is 41.3 Å². The Hall–Kier alpha value is -3.67. The third kappa shape index (κ3) is 5.28. The number of sulfone groups is 1. The molecule has 31 heavy (non-hydrogen) atoms. The predicted octanol–water partition coefficient (Wildman–Crippen LogP) is 2.04. The van der Waals surface area contributed by atoms with Crippen molar-refractivity contribution in [3.8, 4) is 0 Å². The van der Waals surface area contributed by atoms with Crippen LogP contribution in [0.5, 0.6) is 0 Å². The maximum Gasteiger partial charge on any atom is 0.273 e. The maximum atomic E-state index is 12.2. The van der Waals surface area contributed by atoms with Gasteiger partial charge in [0, 0.05) is 25.6 Å². The number of nitrogens with zero attached hydrogens (tertiary/aromatic N) is 5. The molecule has 0 saturated carbocycles. The summed E-state index contributed by atoms with van der Waals surface area (Å²) in [6, 6.07) is 8.04. The highest BCUT2D eigenvalue weighted by molar-refractivity contribution is 7.90. The van der Waals surface area contributed by atoms with Crippen LogP contribution in [-0.4, -0.2) is 53.0 Å². The van der Waals surface area contributed by atoms with Crippen molar-refractivity contribution in [1.82, 2.24) is 30.7 Å². The molecule has 3 N–H and O–H groups in total. The minimum Gasteiger partial charge on any atom is -0.354 e. The van der Waals surface area contributed by atoms with Gasteiger partial charge in [0.1, 0.15) is 10.7 Å². The van der Waals surface area contributed by atoms with Crippen molar-refractivity contribution in [2.45, 2.75) is 24.7 Å². The molecule has 3 aromatic heterocycles. The largest absolute Gasteiger partial charge is 0.354 e. The van der Waals surface area contributed by atoms with E-state index in [0.717, 1.165) is 11.9 Å². The molecule has 0 bridgehead atoms. The summed E-state index contributed by atoms with van der Waals surface area (Å²) in [5.41, 5.74) is 1.03. The SMILES string of the molecule is CNC(=O)c1nnc(Nc2ccc(C(C)C)nn2)cc1Nc1ncccc1S(C)(=O)=O. The average Bonchev–Trinajstić information content (AvgIpc) is 2.73. The van der Waals surface area contributed by atoms with Crippen LogP contribution in [0.2, 0.25) is 0 Å². The van der Waals surface area contributed by atoms with E-state index in [0.29, 0.717) is 5.82 Å². The monoisotopic (exact) mass is 442 g/mol. The van der Waals surface area contributed by atoms with Crippen LogP contribution in [0.1, 0.15) is 35.9 Å². The summed E-state index contributed by atoms with van der Waals surface area (Å²) in [4.78, 5) is 16.3. The molecule has 0 saturated heterocycles. The van der Waals surface area contributed by atoms with Gasteiger partial charge in [0.2, 0.25) is 0 Å². The molecule has 1 amide bonds. The first kappa shape index (κ1) is 22.0. The second-order valence-electron chi connectivity index (χ2n) is 6.94. The lowest BCUT2D eigenvalue weighted by Gasteiger charge is -2.13. The van der Waals surface area contributed by atoms with Crippen LogP contribution in [0.25, 0.3) is 0 Å². The minimum atomic E-state index is -3.56. The van der Waals surface area contributed by atoms with Gasteiger partial charge in [-0.05, 0) is 30.2 Å². The van der Waals surface area contributed by atoms with Gasteiger partial charge in [-0.2, -0.15) is 5.10 Å². The lowest BCUT2D eigenvalue weighted by atomic mass is 10.1. The van der Waals surface area contributed by atoms with Crippen molar-refractivity contribution >= 4 is 38.9 Å². The molecule has 0 spiro atoms. The average molecular weight is 443 g/mol. The molecule has 3 heterocycles. The van der Waals surface area contributed by atoms with Crippen molar-refractivity contribution in [1.29, 1.82) is 0 Å². The van der Waals surface area contributed by atoms with Gasteiger partial charge in [-0.1, -0.05) is 13.8 Å². The first-order valence-electron chi connectivity index (χ1n) is 9.31. The van der Waals surface area contributed by atoms with E-state index in [4.69, 9.17) is 0 Å². The molecule has 0 fully saturated rings. The Balaban J connectivity index is 1.98. The van der Waals surface area contributed by atoms with Gasteiger partial charge in [-0.3, -0.25) is 4.79 Å². The fourth-order valence-electron chi connectivity index (χ4n) is 2.59. The highest BCUT2D eigenvalue weighted by Crippen LogP contribution is 2.26. The van der Waals surface area contributed by atoms with Gasteiger partial charge in [0.15, 0.2) is 27.2 Å². The molecule has 0 aromatic carbocycles. The van der Waals surface area contributed by atoms with Crippen molar-refractivity contribution in [3.05, 3.63) is 47.9 Å². The van der Waals surface area contributed by atoms with E-state index < -0.39 is 15.7 Å². The molecule has 11 nitrogen and oxygen atoms in total. The lowest BCUT2D eigenvalue weighted by Crippen LogP contribution is -2.22. The molecule has 0 radical (unpaired) electrons. The highest BCUT2D eigenvalue weighted by Gasteiger charge is 2.19. The fraction of sp³-hybridized carbons (Fsp3) is 0.263. The number of pyridine rings is 1. The van der Waals surface area contributed by atoms with Crippen LogP contribution in [0.15, 0.2) is 41.4 Å². The summed E-state index contributed by atoms with van der Waals surface area (Å²) in [6.45, 7) is 4.03. The van der Waals surface area contributed by atoms with Gasteiger partial charge in [-0.15, -0.1) is 15.3 Å². The number of rotatable bonds is 7. The van der Waals surface area contributed by atoms with Gasteiger partial charge < -0.3 is 16.0 Å². The first-order valence-corrected chi connectivity index (χ1v) is 11.2. The smallest absolute Gasteiger partial charge is 0.273 e. The standard InChI is InChI=1S/C19H22N8O3S/c1-11(2)12-7-8-15(25-24-12)23-16-10-13(17(27-26-16)19(28)20-3)22-18-14(31(4,29)30)6-5-9-21-18/h5-11H,1-4H3,(H,20,28)(H2,21,22,23,25,26). The number of hydrogen-bond acceptors (Lipinski definition) is 10. The number of carbonyl (C=O) groups is 1. The Morgan fingerprint density at radius 1 is 1.00 bits per heavy atom. The number of hydrogen-bond donors (Lipinski definition) is 3. The zero-order chi connectivity index (χ0) is 22.6. The van der Waals surface area contributed by atoms with Gasteiger partial charge >= 0.3 is 0 Å². The number of aromatic nitrogens is 5. The van der Waals surface area contributed by atoms with Crippen molar-refractivity contribution in [3.63, 3.8) is 0 Å². The summed E-state index contributed by atoms with van der Waals surface area (Å²) in [7, 11) is -2.10. The quantitative estimate of drug-likeness (QED) is 0.495. The minimum absolute atomic E-state index is 0.0145. The number of carbonyl (C=O) groups excluding carboxylic acids is 1. The molecule has 0 atom stereocenters. The molecular formula is C19H22N8O3S. The molecular weight excluding hydrogens is 420 g/mol. The second-order valence-corrected chi connectivity index (χ2v) is 8.93. The summed E-state index contributed by atoms with van der Waals surface area (Å²) >= 11 is 0. The normalized spacial score (nSPS) is 11.3. The zero-order valence-corrected chi connectivity index (χ0v) is 18.2. The second kappa shape index (κ2) is 9.00. The molecule has 12 heteroatoms. The van der Waals surface area contributed by atoms with Gasteiger partial charge in [-0.25, -0.2) is 13.4 Å². The first-order chi connectivity index (χ1) is 14.7. The zero-order valence-electron chi connectivity index (χ0n) is 17.4. The van der Waals surface area contributed by atoms with E-state index >= 15 is 0 Å². The Kier molecular flexibility index (Phi) is 6.39. The summed E-state index contributed by atoms with van der Waals surface area (Å²) in [5.74, 6) is 0.520. The van der Waals surface area contributed by atoms with E-state index in [1.165, 1.54) is 31.4 Å². The maximum absolute atomic E-state index is 12.2. The predicted molar refractivity (Wildman–Crippen MR) is 115 cm³/mol. The van der Waals surface area contributed by atoms with Gasteiger partial charge in [0.25, 0.3) is 5.91 Å². The van der Waals surface area contributed by atoms with E-state index in [-0.39, 0.29) is 33.8 Å².